The summed E-state index contributed by atoms with van der Waals surface area (Å²) in [7, 11) is 0. The zero-order valence-electron chi connectivity index (χ0n) is 11.7. The van der Waals surface area contributed by atoms with E-state index in [0.717, 1.165) is 32.1 Å². The highest BCUT2D eigenvalue weighted by atomic mass is 16.3. The first-order valence-electron chi connectivity index (χ1n) is 7.79. The van der Waals surface area contributed by atoms with E-state index in [-0.39, 0.29) is 11.5 Å². The van der Waals surface area contributed by atoms with Gasteiger partial charge in [0.15, 0.2) is 0 Å². The van der Waals surface area contributed by atoms with E-state index in [0.29, 0.717) is 11.8 Å². The lowest BCUT2D eigenvalue weighted by Gasteiger charge is -2.45. The third-order valence-corrected chi connectivity index (χ3v) is 5.64. The van der Waals surface area contributed by atoms with Crippen molar-refractivity contribution < 1.29 is 5.11 Å². The molecule has 102 valence electrons. The van der Waals surface area contributed by atoms with Gasteiger partial charge in [0.25, 0.3) is 0 Å². The third-order valence-electron chi connectivity index (χ3n) is 5.64. The molecule has 0 radical (unpaired) electrons. The largest absolute Gasteiger partial charge is 0.393 e. The molecule has 0 saturated heterocycles. The van der Waals surface area contributed by atoms with Crippen molar-refractivity contribution in [2.75, 3.05) is 0 Å². The second kappa shape index (κ2) is 6.06. The van der Waals surface area contributed by atoms with Gasteiger partial charge in [-0.3, -0.25) is 0 Å². The molecule has 1 N–H and O–H groups in total. The molecule has 0 aromatic heterocycles. The average Bonchev–Trinajstić information content (AvgIpc) is 2.76. The van der Waals surface area contributed by atoms with Gasteiger partial charge in [0.2, 0.25) is 0 Å². The number of rotatable bonds is 6. The molecule has 0 amide bonds. The van der Waals surface area contributed by atoms with E-state index >= 15 is 0 Å². The standard InChI is InChI=1S/C16H27NO/c1-2-16(10-5-11-16)15(18)9-4-7-13-6-3-8-14(13)12-17/h13-15,18H,2-11H2,1H3/t13?,14-,15?/m1/s1. The topological polar surface area (TPSA) is 44.0 Å². The van der Waals surface area contributed by atoms with E-state index in [1.165, 1.54) is 32.1 Å². The number of hydrogen-bond donors (Lipinski definition) is 1. The minimum atomic E-state index is -0.0989. The fourth-order valence-electron chi connectivity index (χ4n) is 3.99. The third kappa shape index (κ3) is 2.72. The highest BCUT2D eigenvalue weighted by Crippen LogP contribution is 2.48. The first kappa shape index (κ1) is 13.9. The number of nitrogens with zero attached hydrogens (tertiary/aromatic N) is 1. The van der Waals surface area contributed by atoms with E-state index in [2.05, 4.69) is 13.0 Å². The van der Waals surface area contributed by atoms with Crippen molar-refractivity contribution in [3.8, 4) is 6.07 Å². The summed E-state index contributed by atoms with van der Waals surface area (Å²) in [5.74, 6) is 0.909. The molecule has 2 aliphatic rings. The molecule has 0 aromatic rings. The normalized spacial score (nSPS) is 31.6. The molecule has 2 rings (SSSR count). The highest BCUT2D eigenvalue weighted by molar-refractivity contribution is 4.94. The molecule has 2 saturated carbocycles. The highest BCUT2D eigenvalue weighted by Gasteiger charge is 2.41. The van der Waals surface area contributed by atoms with Crippen LogP contribution in [-0.4, -0.2) is 11.2 Å². The predicted octanol–water partition coefficient (Wildman–Crippen LogP) is 4.04. The minimum absolute atomic E-state index is 0.0989. The minimum Gasteiger partial charge on any atom is -0.393 e. The summed E-state index contributed by atoms with van der Waals surface area (Å²) < 4.78 is 0. The van der Waals surface area contributed by atoms with E-state index in [1.54, 1.807) is 0 Å². The molecular weight excluding hydrogens is 222 g/mol. The maximum atomic E-state index is 10.4. The summed E-state index contributed by atoms with van der Waals surface area (Å²) in [5, 5.41) is 19.4. The summed E-state index contributed by atoms with van der Waals surface area (Å²) in [5.41, 5.74) is 0.254. The zero-order valence-corrected chi connectivity index (χ0v) is 11.7. The quantitative estimate of drug-likeness (QED) is 0.772. The van der Waals surface area contributed by atoms with Crippen LogP contribution in [0.15, 0.2) is 0 Å². The summed E-state index contributed by atoms with van der Waals surface area (Å²) in [4.78, 5) is 0. The fraction of sp³-hybridized carbons (Fsp3) is 0.938. The number of nitriles is 1. The lowest BCUT2D eigenvalue weighted by Crippen LogP contribution is -2.40. The maximum absolute atomic E-state index is 10.4. The molecule has 0 aromatic carbocycles. The molecule has 2 unspecified atom stereocenters. The fourth-order valence-corrected chi connectivity index (χ4v) is 3.99. The monoisotopic (exact) mass is 249 g/mol. The summed E-state index contributed by atoms with van der Waals surface area (Å²) >= 11 is 0. The smallest absolute Gasteiger partial charge is 0.0658 e. The number of aliphatic hydroxyl groups is 1. The number of aliphatic hydroxyl groups excluding tert-OH is 1. The van der Waals surface area contributed by atoms with Crippen LogP contribution < -0.4 is 0 Å². The zero-order chi connectivity index (χ0) is 13.0. The van der Waals surface area contributed by atoms with Crippen LogP contribution in [0.25, 0.3) is 0 Å². The average molecular weight is 249 g/mol. The molecule has 0 aliphatic heterocycles. The van der Waals surface area contributed by atoms with Crippen LogP contribution in [0, 0.1) is 28.6 Å². The van der Waals surface area contributed by atoms with Crippen LogP contribution in [-0.2, 0) is 0 Å². The van der Waals surface area contributed by atoms with Crippen LogP contribution in [0.3, 0.4) is 0 Å². The molecule has 2 heteroatoms. The Labute approximate surface area is 111 Å². The van der Waals surface area contributed by atoms with Crippen LogP contribution >= 0.6 is 0 Å². The molecule has 18 heavy (non-hydrogen) atoms. The Hall–Kier alpha value is -0.550. The van der Waals surface area contributed by atoms with Crippen molar-refractivity contribution >= 4 is 0 Å². The van der Waals surface area contributed by atoms with Gasteiger partial charge in [-0.15, -0.1) is 0 Å². The van der Waals surface area contributed by atoms with Gasteiger partial charge in [-0.25, -0.2) is 0 Å². The van der Waals surface area contributed by atoms with E-state index in [9.17, 15) is 5.11 Å². The summed E-state index contributed by atoms with van der Waals surface area (Å²) in [6.07, 6.45) is 11.5. The maximum Gasteiger partial charge on any atom is 0.0658 e. The van der Waals surface area contributed by atoms with Crippen molar-refractivity contribution in [2.24, 2.45) is 17.3 Å². The van der Waals surface area contributed by atoms with Gasteiger partial charge in [-0.05, 0) is 56.3 Å². The van der Waals surface area contributed by atoms with Gasteiger partial charge in [0.1, 0.15) is 0 Å². The Kier molecular flexibility index (Phi) is 4.67. The molecule has 2 fully saturated rings. The summed E-state index contributed by atoms with van der Waals surface area (Å²) in [6.45, 7) is 2.21. The van der Waals surface area contributed by atoms with Crippen LogP contribution in [0.5, 0.6) is 0 Å². The van der Waals surface area contributed by atoms with Gasteiger partial charge in [-0.2, -0.15) is 5.26 Å². The van der Waals surface area contributed by atoms with Gasteiger partial charge >= 0.3 is 0 Å². The molecule has 0 heterocycles. The van der Waals surface area contributed by atoms with E-state index < -0.39 is 0 Å². The van der Waals surface area contributed by atoms with E-state index in [1.807, 2.05) is 0 Å². The van der Waals surface area contributed by atoms with Crippen LogP contribution in [0.1, 0.15) is 71.1 Å². The Bertz CT molecular complexity index is 297. The van der Waals surface area contributed by atoms with Gasteiger partial charge < -0.3 is 5.11 Å². The predicted molar refractivity (Wildman–Crippen MR) is 72.9 cm³/mol. The molecular formula is C16H27NO. The molecule has 0 bridgehead atoms. The lowest BCUT2D eigenvalue weighted by molar-refractivity contribution is -0.0436. The second-order valence-corrected chi connectivity index (χ2v) is 6.44. The van der Waals surface area contributed by atoms with Crippen molar-refractivity contribution in [1.82, 2.24) is 0 Å². The van der Waals surface area contributed by atoms with Crippen molar-refractivity contribution in [1.29, 1.82) is 5.26 Å². The molecule has 0 spiro atoms. The first-order valence-corrected chi connectivity index (χ1v) is 7.79. The second-order valence-electron chi connectivity index (χ2n) is 6.44. The number of hydrogen-bond acceptors (Lipinski definition) is 2. The molecule has 3 atom stereocenters. The molecule has 2 aliphatic carbocycles. The SMILES string of the molecule is CCC1(C(O)CCCC2CCC[C@@H]2C#N)CCC1. The lowest BCUT2D eigenvalue weighted by atomic mass is 9.62. The summed E-state index contributed by atoms with van der Waals surface area (Å²) in [6, 6.07) is 2.45. The first-order chi connectivity index (χ1) is 8.72. The van der Waals surface area contributed by atoms with Crippen molar-refractivity contribution in [3.05, 3.63) is 0 Å². The van der Waals surface area contributed by atoms with Crippen molar-refractivity contribution in [2.45, 2.75) is 77.2 Å². The Morgan fingerprint density at radius 3 is 2.67 bits per heavy atom. The van der Waals surface area contributed by atoms with E-state index in [4.69, 9.17) is 5.26 Å². The van der Waals surface area contributed by atoms with Crippen LogP contribution in [0.4, 0.5) is 0 Å². The Morgan fingerprint density at radius 2 is 2.11 bits per heavy atom. The van der Waals surface area contributed by atoms with Gasteiger partial charge in [0, 0.05) is 5.92 Å². The molecule has 2 nitrogen and oxygen atoms in total. The Morgan fingerprint density at radius 1 is 1.33 bits per heavy atom. The van der Waals surface area contributed by atoms with Gasteiger partial charge in [-0.1, -0.05) is 26.2 Å². The van der Waals surface area contributed by atoms with Gasteiger partial charge in [0.05, 0.1) is 12.2 Å². The van der Waals surface area contributed by atoms with Crippen LogP contribution in [0.2, 0.25) is 0 Å². The van der Waals surface area contributed by atoms with Crippen molar-refractivity contribution in [3.63, 3.8) is 0 Å². The Balaban J connectivity index is 1.70.